The molecular formula is C4H9NO2S. The zero-order chi connectivity index (χ0) is 6.24. The van der Waals surface area contributed by atoms with Gasteiger partial charge in [0.2, 0.25) is 0 Å². The Hall–Kier alpha value is -0.0900. The maximum Gasteiger partial charge on any atom is 0.0901 e. The van der Waals surface area contributed by atoms with Crippen LogP contribution in [0.3, 0.4) is 0 Å². The number of aliphatic hydroxyl groups is 1. The van der Waals surface area contributed by atoms with E-state index in [0.717, 1.165) is 5.75 Å². The molecule has 0 spiro atoms. The molecular weight excluding hydrogens is 126 g/mol. The Morgan fingerprint density at radius 2 is 2.25 bits per heavy atom. The van der Waals surface area contributed by atoms with Crippen LogP contribution in [-0.2, 0) is 0 Å². The van der Waals surface area contributed by atoms with Crippen molar-refractivity contribution < 1.29 is 5.11 Å². The van der Waals surface area contributed by atoms with Crippen LogP contribution < -0.4 is 0 Å². The summed E-state index contributed by atoms with van der Waals surface area (Å²) < 4.78 is 0. The first-order valence-electron chi connectivity index (χ1n) is 2.39. The van der Waals surface area contributed by atoms with Gasteiger partial charge in [-0.2, -0.15) is 16.7 Å². The van der Waals surface area contributed by atoms with Crippen molar-refractivity contribution >= 4 is 11.8 Å². The van der Waals surface area contributed by atoms with E-state index in [2.05, 4.69) is 5.18 Å². The average Bonchev–Trinajstić information content (AvgIpc) is 1.81. The molecule has 0 aliphatic carbocycles. The van der Waals surface area contributed by atoms with Crippen LogP contribution in [0.4, 0.5) is 0 Å². The Labute approximate surface area is 52.4 Å². The van der Waals surface area contributed by atoms with E-state index in [1.807, 2.05) is 0 Å². The van der Waals surface area contributed by atoms with Gasteiger partial charge in [-0.05, 0) is 0 Å². The van der Waals surface area contributed by atoms with E-state index in [-0.39, 0.29) is 6.61 Å². The minimum absolute atomic E-state index is 0.184. The van der Waals surface area contributed by atoms with Crippen molar-refractivity contribution in [2.24, 2.45) is 5.18 Å². The van der Waals surface area contributed by atoms with Crippen LogP contribution in [0.25, 0.3) is 0 Å². The molecule has 0 unspecified atom stereocenters. The van der Waals surface area contributed by atoms with Gasteiger partial charge in [0.1, 0.15) is 0 Å². The van der Waals surface area contributed by atoms with E-state index in [1.165, 1.54) is 11.8 Å². The van der Waals surface area contributed by atoms with Crippen LogP contribution in [0.1, 0.15) is 0 Å². The summed E-state index contributed by atoms with van der Waals surface area (Å²) in [6.45, 7) is 0.536. The number of aliphatic hydroxyl groups excluding tert-OH is 1. The summed E-state index contributed by atoms with van der Waals surface area (Å²) in [6, 6.07) is 0. The SMILES string of the molecule is O=NCCSCCO. The van der Waals surface area contributed by atoms with Crippen molar-refractivity contribution in [2.45, 2.75) is 0 Å². The second-order valence-corrected chi connectivity index (χ2v) is 2.41. The molecule has 8 heavy (non-hydrogen) atoms. The fourth-order valence-electron chi connectivity index (χ4n) is 0.268. The van der Waals surface area contributed by atoms with Gasteiger partial charge < -0.3 is 5.11 Å². The molecule has 0 amide bonds. The minimum atomic E-state index is 0.184. The van der Waals surface area contributed by atoms with Crippen molar-refractivity contribution in [2.75, 3.05) is 24.7 Å². The van der Waals surface area contributed by atoms with E-state index in [1.54, 1.807) is 0 Å². The molecule has 0 aromatic rings. The number of hydrogen-bond acceptors (Lipinski definition) is 4. The molecule has 3 nitrogen and oxygen atoms in total. The smallest absolute Gasteiger partial charge is 0.0901 e. The first-order chi connectivity index (χ1) is 3.91. The van der Waals surface area contributed by atoms with Gasteiger partial charge in [0.15, 0.2) is 0 Å². The zero-order valence-electron chi connectivity index (χ0n) is 4.54. The van der Waals surface area contributed by atoms with Crippen LogP contribution in [-0.4, -0.2) is 29.8 Å². The Kier molecular flexibility index (Phi) is 6.83. The Bertz CT molecular complexity index is 60.0. The van der Waals surface area contributed by atoms with E-state index < -0.39 is 0 Å². The molecule has 0 fully saturated rings. The second kappa shape index (κ2) is 6.91. The molecule has 4 heteroatoms. The Balaban J connectivity index is 2.62. The maximum atomic E-state index is 9.44. The van der Waals surface area contributed by atoms with Gasteiger partial charge in [0.05, 0.1) is 13.2 Å². The van der Waals surface area contributed by atoms with E-state index in [0.29, 0.717) is 12.3 Å². The molecule has 0 atom stereocenters. The third-order valence-corrected chi connectivity index (χ3v) is 1.51. The topological polar surface area (TPSA) is 49.7 Å². The lowest BCUT2D eigenvalue weighted by Crippen LogP contribution is -1.89. The molecule has 1 N–H and O–H groups in total. The number of nitrogens with zero attached hydrogens (tertiary/aromatic N) is 1. The Morgan fingerprint density at radius 1 is 1.50 bits per heavy atom. The van der Waals surface area contributed by atoms with E-state index in [9.17, 15) is 4.91 Å². The van der Waals surface area contributed by atoms with Crippen LogP contribution in [0.5, 0.6) is 0 Å². The summed E-state index contributed by atoms with van der Waals surface area (Å²) in [5.74, 6) is 1.43. The normalized spacial score (nSPS) is 9.12. The monoisotopic (exact) mass is 135 g/mol. The summed E-state index contributed by atoms with van der Waals surface area (Å²) in [4.78, 5) is 9.44. The average molecular weight is 135 g/mol. The summed E-state index contributed by atoms with van der Waals surface area (Å²) in [5, 5.41) is 10.9. The molecule has 0 saturated carbocycles. The van der Waals surface area contributed by atoms with Gasteiger partial charge in [-0.3, -0.25) is 0 Å². The number of hydrogen-bond donors (Lipinski definition) is 1. The van der Waals surface area contributed by atoms with Crippen LogP contribution in [0, 0.1) is 4.91 Å². The summed E-state index contributed by atoms with van der Waals surface area (Å²) >= 11 is 1.53. The molecule has 0 aliphatic rings. The molecule has 0 rings (SSSR count). The first-order valence-corrected chi connectivity index (χ1v) is 3.55. The van der Waals surface area contributed by atoms with Gasteiger partial charge in [-0.25, -0.2) is 0 Å². The van der Waals surface area contributed by atoms with Gasteiger partial charge in [0.25, 0.3) is 0 Å². The van der Waals surface area contributed by atoms with Gasteiger partial charge >= 0.3 is 0 Å². The van der Waals surface area contributed by atoms with Crippen LogP contribution in [0.2, 0.25) is 0 Å². The van der Waals surface area contributed by atoms with Crippen molar-refractivity contribution in [3.8, 4) is 0 Å². The highest BCUT2D eigenvalue weighted by Crippen LogP contribution is 1.96. The Morgan fingerprint density at radius 3 is 2.75 bits per heavy atom. The molecule has 0 bridgehead atoms. The molecule has 0 aromatic heterocycles. The maximum absolute atomic E-state index is 9.44. The standard InChI is InChI=1S/C4H9NO2S/c6-2-4-8-3-1-5-7/h6H,1-4H2. The second-order valence-electron chi connectivity index (χ2n) is 1.19. The number of nitroso groups, excluding NO2 is 1. The highest BCUT2D eigenvalue weighted by Gasteiger charge is 1.84. The lowest BCUT2D eigenvalue weighted by Gasteiger charge is -1.90. The fourth-order valence-corrected chi connectivity index (χ4v) is 0.805. The van der Waals surface area contributed by atoms with Gasteiger partial charge in [0, 0.05) is 11.5 Å². The van der Waals surface area contributed by atoms with Crippen LogP contribution in [0.15, 0.2) is 5.18 Å². The van der Waals surface area contributed by atoms with Crippen LogP contribution >= 0.6 is 11.8 Å². The molecule has 48 valence electrons. The lowest BCUT2D eigenvalue weighted by atomic mass is 10.8. The quantitative estimate of drug-likeness (QED) is 0.440. The van der Waals surface area contributed by atoms with Crippen molar-refractivity contribution in [3.63, 3.8) is 0 Å². The first kappa shape index (κ1) is 7.91. The van der Waals surface area contributed by atoms with E-state index >= 15 is 0 Å². The molecule has 0 aliphatic heterocycles. The largest absolute Gasteiger partial charge is 0.396 e. The summed E-state index contributed by atoms with van der Waals surface area (Å²) in [6.07, 6.45) is 0. The summed E-state index contributed by atoms with van der Waals surface area (Å²) in [5.41, 5.74) is 0. The number of rotatable bonds is 5. The third-order valence-electron chi connectivity index (χ3n) is 0.563. The fraction of sp³-hybridized carbons (Fsp3) is 1.00. The van der Waals surface area contributed by atoms with Crippen molar-refractivity contribution in [3.05, 3.63) is 4.91 Å². The lowest BCUT2D eigenvalue weighted by molar-refractivity contribution is 0.322. The molecule has 0 heterocycles. The predicted molar refractivity (Wildman–Crippen MR) is 35.1 cm³/mol. The number of thioether (sulfide) groups is 1. The van der Waals surface area contributed by atoms with E-state index in [4.69, 9.17) is 5.11 Å². The van der Waals surface area contributed by atoms with Crippen molar-refractivity contribution in [1.29, 1.82) is 0 Å². The van der Waals surface area contributed by atoms with Gasteiger partial charge in [-0.15, -0.1) is 0 Å². The van der Waals surface area contributed by atoms with Crippen molar-refractivity contribution in [1.82, 2.24) is 0 Å². The highest BCUT2D eigenvalue weighted by molar-refractivity contribution is 7.99. The molecule has 0 saturated heterocycles. The minimum Gasteiger partial charge on any atom is -0.396 e. The predicted octanol–water partition coefficient (Wildman–Crippen LogP) is 0.478. The summed E-state index contributed by atoms with van der Waals surface area (Å²) in [7, 11) is 0. The zero-order valence-corrected chi connectivity index (χ0v) is 5.36. The third kappa shape index (κ3) is 5.91. The molecule has 0 radical (unpaired) electrons. The molecule has 0 aromatic carbocycles. The van der Waals surface area contributed by atoms with Gasteiger partial charge in [-0.1, -0.05) is 5.18 Å². The highest BCUT2D eigenvalue weighted by atomic mass is 32.2.